The number of likely N-dealkylation sites (N-methyl/N-ethyl adjacent to an activating group) is 1. The number of ether oxygens (including phenoxy) is 1. The van der Waals surface area contributed by atoms with Crippen LogP contribution in [0.25, 0.3) is 0 Å². The van der Waals surface area contributed by atoms with Gasteiger partial charge in [0.1, 0.15) is 0 Å². The van der Waals surface area contributed by atoms with Gasteiger partial charge in [-0.25, -0.2) is 0 Å². The average molecular weight is 228 g/mol. The molecule has 94 valence electrons. The van der Waals surface area contributed by atoms with E-state index < -0.39 is 0 Å². The fourth-order valence-corrected chi connectivity index (χ4v) is 2.06. The lowest BCUT2D eigenvalue weighted by molar-refractivity contribution is -0.132. The minimum absolute atomic E-state index is 0.0970. The van der Waals surface area contributed by atoms with E-state index >= 15 is 0 Å². The highest BCUT2D eigenvalue weighted by atomic mass is 16.5. The number of hydrogen-bond acceptors (Lipinski definition) is 3. The molecule has 1 saturated heterocycles. The van der Waals surface area contributed by atoms with E-state index in [1.807, 2.05) is 20.9 Å². The molecule has 0 aliphatic carbocycles. The van der Waals surface area contributed by atoms with Gasteiger partial charge in [-0.2, -0.15) is 0 Å². The number of rotatable bonds is 4. The molecule has 0 radical (unpaired) electrons. The molecule has 4 heteroatoms. The Labute approximate surface area is 98.3 Å². The Hall–Kier alpha value is -0.610. The maximum Gasteiger partial charge on any atom is 0.239 e. The minimum atomic E-state index is -0.0970. The maximum atomic E-state index is 11.9. The number of hydrogen-bond donors (Lipinski definition) is 1. The molecular weight excluding hydrogens is 204 g/mol. The van der Waals surface area contributed by atoms with E-state index in [4.69, 9.17) is 4.74 Å². The van der Waals surface area contributed by atoms with Gasteiger partial charge in [0, 0.05) is 26.2 Å². The van der Waals surface area contributed by atoms with Crippen molar-refractivity contribution >= 4 is 5.91 Å². The summed E-state index contributed by atoms with van der Waals surface area (Å²) in [5.41, 5.74) is 0. The van der Waals surface area contributed by atoms with Crippen LogP contribution in [0, 0.1) is 0 Å². The van der Waals surface area contributed by atoms with Crippen LogP contribution in [-0.2, 0) is 9.53 Å². The highest BCUT2D eigenvalue weighted by Crippen LogP contribution is 2.13. The van der Waals surface area contributed by atoms with Gasteiger partial charge in [-0.15, -0.1) is 0 Å². The van der Waals surface area contributed by atoms with Gasteiger partial charge in [-0.1, -0.05) is 0 Å². The van der Waals surface area contributed by atoms with E-state index in [2.05, 4.69) is 12.2 Å². The Kier molecular flexibility index (Phi) is 5.22. The molecule has 1 rings (SSSR count). The third-order valence-electron chi connectivity index (χ3n) is 3.19. The summed E-state index contributed by atoms with van der Waals surface area (Å²) in [5, 5.41) is 3.39. The summed E-state index contributed by atoms with van der Waals surface area (Å²) in [6, 6.07) is 0.313. The summed E-state index contributed by atoms with van der Waals surface area (Å²) >= 11 is 0. The molecular formula is C12H24N2O2. The van der Waals surface area contributed by atoms with Crippen LogP contribution in [0.2, 0.25) is 0 Å². The van der Waals surface area contributed by atoms with Crippen molar-refractivity contribution in [1.29, 1.82) is 0 Å². The van der Waals surface area contributed by atoms with Crippen molar-refractivity contribution in [3.63, 3.8) is 0 Å². The second kappa shape index (κ2) is 6.21. The Balaban J connectivity index is 2.38. The fraction of sp³-hybridized carbons (Fsp3) is 0.917. The van der Waals surface area contributed by atoms with Crippen LogP contribution in [0.4, 0.5) is 0 Å². The van der Waals surface area contributed by atoms with Gasteiger partial charge in [-0.3, -0.25) is 4.79 Å². The molecule has 3 atom stereocenters. The van der Waals surface area contributed by atoms with Crippen molar-refractivity contribution in [2.75, 3.05) is 20.2 Å². The molecule has 0 spiro atoms. The van der Waals surface area contributed by atoms with Gasteiger partial charge in [0.2, 0.25) is 5.91 Å². The summed E-state index contributed by atoms with van der Waals surface area (Å²) in [6.45, 7) is 7.56. The quantitative estimate of drug-likeness (QED) is 0.781. The number of carbonyl (C=O) groups is 1. The van der Waals surface area contributed by atoms with Gasteiger partial charge < -0.3 is 15.0 Å². The Morgan fingerprint density at radius 2 is 2.31 bits per heavy atom. The summed E-state index contributed by atoms with van der Waals surface area (Å²) in [6.07, 6.45) is 2.29. The lowest BCUT2D eigenvalue weighted by Crippen LogP contribution is -2.49. The zero-order chi connectivity index (χ0) is 12.1. The fourth-order valence-electron chi connectivity index (χ4n) is 2.06. The Morgan fingerprint density at radius 1 is 1.62 bits per heavy atom. The highest BCUT2D eigenvalue weighted by molar-refractivity contribution is 5.81. The van der Waals surface area contributed by atoms with Crippen LogP contribution < -0.4 is 5.32 Å². The highest BCUT2D eigenvalue weighted by Gasteiger charge is 2.24. The smallest absolute Gasteiger partial charge is 0.239 e. The molecule has 1 fully saturated rings. The third-order valence-corrected chi connectivity index (χ3v) is 3.19. The lowest BCUT2D eigenvalue weighted by Gasteiger charge is -2.31. The minimum Gasteiger partial charge on any atom is -0.378 e. The normalized spacial score (nSPS) is 27.5. The van der Waals surface area contributed by atoms with E-state index in [0.717, 1.165) is 26.0 Å². The van der Waals surface area contributed by atoms with Crippen molar-refractivity contribution in [1.82, 2.24) is 10.2 Å². The lowest BCUT2D eigenvalue weighted by atomic mass is 10.0. The number of nitrogens with zero attached hydrogens (tertiary/aromatic N) is 1. The predicted molar refractivity (Wildman–Crippen MR) is 64.3 cm³/mol. The first kappa shape index (κ1) is 13.5. The maximum absolute atomic E-state index is 11.9. The van der Waals surface area contributed by atoms with E-state index in [1.54, 1.807) is 4.90 Å². The van der Waals surface area contributed by atoms with Gasteiger partial charge in [0.15, 0.2) is 0 Å². The van der Waals surface area contributed by atoms with E-state index in [-0.39, 0.29) is 11.9 Å². The second-order valence-corrected chi connectivity index (χ2v) is 4.64. The topological polar surface area (TPSA) is 41.6 Å². The van der Waals surface area contributed by atoms with Crippen molar-refractivity contribution in [2.24, 2.45) is 0 Å². The van der Waals surface area contributed by atoms with Crippen LogP contribution >= 0.6 is 0 Å². The summed E-state index contributed by atoms with van der Waals surface area (Å²) < 4.78 is 5.48. The zero-order valence-corrected chi connectivity index (χ0v) is 10.8. The van der Waals surface area contributed by atoms with Crippen LogP contribution in [0.3, 0.4) is 0 Å². The van der Waals surface area contributed by atoms with Crippen molar-refractivity contribution in [2.45, 2.75) is 51.8 Å². The molecule has 0 aromatic carbocycles. The van der Waals surface area contributed by atoms with Gasteiger partial charge in [0.25, 0.3) is 0 Å². The van der Waals surface area contributed by atoms with E-state index in [0.29, 0.717) is 12.1 Å². The van der Waals surface area contributed by atoms with Crippen LogP contribution in [0.1, 0.15) is 33.6 Å². The summed E-state index contributed by atoms with van der Waals surface area (Å²) in [5.74, 6) is 0.168. The molecule has 0 aromatic heterocycles. The van der Waals surface area contributed by atoms with Crippen LogP contribution in [0.5, 0.6) is 0 Å². The first-order valence-corrected chi connectivity index (χ1v) is 6.17. The molecule has 0 bridgehead atoms. The largest absolute Gasteiger partial charge is 0.378 e. The van der Waals surface area contributed by atoms with Gasteiger partial charge in [-0.05, 0) is 33.6 Å². The molecule has 3 unspecified atom stereocenters. The Bertz CT molecular complexity index is 233. The van der Waals surface area contributed by atoms with Crippen LogP contribution in [-0.4, -0.2) is 49.2 Å². The van der Waals surface area contributed by atoms with E-state index in [1.165, 1.54) is 0 Å². The number of nitrogens with one attached hydrogen (secondary N) is 1. The van der Waals surface area contributed by atoms with Crippen molar-refractivity contribution in [3.05, 3.63) is 0 Å². The zero-order valence-electron chi connectivity index (χ0n) is 10.8. The number of carbonyl (C=O) groups excluding carboxylic acids is 1. The first-order valence-electron chi connectivity index (χ1n) is 6.17. The molecule has 1 N–H and O–H groups in total. The third kappa shape index (κ3) is 3.76. The molecule has 1 aliphatic rings. The summed E-state index contributed by atoms with van der Waals surface area (Å²) in [4.78, 5) is 13.6. The standard InChI is InChI=1S/C12H24N2O2/c1-5-14(4)12(15)10(3)13-11-6-7-16-9(2)8-11/h9-11,13H,5-8H2,1-4H3. The Morgan fingerprint density at radius 3 is 2.88 bits per heavy atom. The van der Waals surface area contributed by atoms with Crippen molar-refractivity contribution in [3.8, 4) is 0 Å². The monoisotopic (exact) mass is 228 g/mol. The molecule has 1 aliphatic heterocycles. The van der Waals surface area contributed by atoms with Gasteiger partial charge in [0.05, 0.1) is 12.1 Å². The predicted octanol–water partition coefficient (Wildman–Crippen LogP) is 1.01. The first-order chi connectivity index (χ1) is 7.54. The SMILES string of the molecule is CCN(C)C(=O)C(C)NC1CCOC(C)C1. The molecule has 16 heavy (non-hydrogen) atoms. The molecule has 0 saturated carbocycles. The van der Waals surface area contributed by atoms with Crippen LogP contribution in [0.15, 0.2) is 0 Å². The summed E-state index contributed by atoms with van der Waals surface area (Å²) in [7, 11) is 1.84. The van der Waals surface area contributed by atoms with Gasteiger partial charge >= 0.3 is 0 Å². The molecule has 1 amide bonds. The second-order valence-electron chi connectivity index (χ2n) is 4.64. The number of amides is 1. The average Bonchev–Trinajstić information content (AvgIpc) is 2.27. The van der Waals surface area contributed by atoms with E-state index in [9.17, 15) is 4.79 Å². The molecule has 0 aromatic rings. The van der Waals surface area contributed by atoms with Crippen molar-refractivity contribution < 1.29 is 9.53 Å². The molecule has 1 heterocycles. The molecule has 4 nitrogen and oxygen atoms in total.